The molecule has 0 radical (unpaired) electrons. The SMILES string of the molecule is C[C@H]1CC(C)(C)Oc2ccc(C#N)cc21.O=c1cccc[nH]1. The van der Waals surface area contributed by atoms with Crippen LogP contribution in [0.3, 0.4) is 0 Å². The Hall–Kier alpha value is -2.54. The minimum absolute atomic E-state index is 0.0532. The van der Waals surface area contributed by atoms with Crippen molar-refractivity contribution < 1.29 is 4.74 Å². The Morgan fingerprint density at radius 3 is 2.64 bits per heavy atom. The van der Waals surface area contributed by atoms with Gasteiger partial charge in [-0.3, -0.25) is 4.79 Å². The summed E-state index contributed by atoms with van der Waals surface area (Å²) in [5, 5.41) is 8.84. The van der Waals surface area contributed by atoms with Crippen molar-refractivity contribution in [2.24, 2.45) is 0 Å². The third-order valence-corrected chi connectivity index (χ3v) is 3.53. The highest BCUT2D eigenvalue weighted by molar-refractivity contribution is 5.45. The number of aromatic amines is 1. The standard InChI is InChI=1S/C13H15NO.C5H5NO/c1-9-7-13(2,3)15-12-5-4-10(8-14)6-11(9)12;7-5-3-1-2-4-6-5/h4-6,9H,7H2,1-3H3;1-4H,(H,6,7)/t9-;/m0./s1. The van der Waals surface area contributed by atoms with E-state index in [2.05, 4.69) is 31.8 Å². The third kappa shape index (κ3) is 3.98. The van der Waals surface area contributed by atoms with Gasteiger partial charge in [0.25, 0.3) is 0 Å². The number of ether oxygens (including phenoxy) is 1. The van der Waals surface area contributed by atoms with Gasteiger partial charge in [-0.1, -0.05) is 13.0 Å². The van der Waals surface area contributed by atoms with E-state index in [1.54, 1.807) is 18.3 Å². The summed E-state index contributed by atoms with van der Waals surface area (Å²) < 4.78 is 5.88. The molecule has 4 nitrogen and oxygen atoms in total. The van der Waals surface area contributed by atoms with Crippen LogP contribution in [0, 0.1) is 11.3 Å². The molecule has 22 heavy (non-hydrogen) atoms. The van der Waals surface area contributed by atoms with Crippen LogP contribution in [-0.4, -0.2) is 10.6 Å². The quantitative estimate of drug-likeness (QED) is 0.807. The summed E-state index contributed by atoms with van der Waals surface area (Å²) >= 11 is 0. The van der Waals surface area contributed by atoms with E-state index >= 15 is 0 Å². The zero-order valence-corrected chi connectivity index (χ0v) is 13.1. The highest BCUT2D eigenvalue weighted by Crippen LogP contribution is 2.40. The topological polar surface area (TPSA) is 65.9 Å². The number of pyridine rings is 1. The molecule has 3 rings (SSSR count). The molecule has 114 valence electrons. The first kappa shape index (κ1) is 15.8. The molecule has 0 bridgehead atoms. The maximum absolute atomic E-state index is 10.2. The Morgan fingerprint density at radius 2 is 2.09 bits per heavy atom. The van der Waals surface area contributed by atoms with E-state index in [4.69, 9.17) is 10.00 Å². The average Bonchev–Trinajstić information content (AvgIpc) is 2.47. The molecule has 0 aliphatic carbocycles. The molecule has 1 aromatic carbocycles. The number of benzene rings is 1. The number of hydrogen-bond donors (Lipinski definition) is 1. The first-order chi connectivity index (χ1) is 10.4. The molecular weight excluding hydrogens is 276 g/mol. The van der Waals surface area contributed by atoms with Crippen LogP contribution in [0.1, 0.15) is 44.2 Å². The maximum Gasteiger partial charge on any atom is 0.247 e. The molecule has 1 aliphatic heterocycles. The second-order valence-corrected chi connectivity index (χ2v) is 6.06. The van der Waals surface area contributed by atoms with Gasteiger partial charge in [0.15, 0.2) is 0 Å². The predicted molar refractivity (Wildman–Crippen MR) is 86.0 cm³/mol. The lowest BCUT2D eigenvalue weighted by Gasteiger charge is -2.36. The lowest BCUT2D eigenvalue weighted by atomic mass is 9.85. The number of nitrogens with zero attached hydrogens (tertiary/aromatic N) is 1. The molecule has 0 unspecified atom stereocenters. The summed E-state index contributed by atoms with van der Waals surface area (Å²) in [6.45, 7) is 6.39. The number of hydrogen-bond acceptors (Lipinski definition) is 3. The Morgan fingerprint density at radius 1 is 1.32 bits per heavy atom. The molecule has 1 atom stereocenters. The second kappa shape index (κ2) is 6.48. The van der Waals surface area contributed by atoms with Crippen molar-refractivity contribution in [3.63, 3.8) is 0 Å². The maximum atomic E-state index is 10.2. The number of aromatic nitrogens is 1. The third-order valence-electron chi connectivity index (χ3n) is 3.53. The van der Waals surface area contributed by atoms with Crippen molar-refractivity contribution in [1.29, 1.82) is 5.26 Å². The summed E-state index contributed by atoms with van der Waals surface area (Å²) in [6, 6.07) is 12.8. The van der Waals surface area contributed by atoms with E-state index in [0.717, 1.165) is 17.7 Å². The van der Waals surface area contributed by atoms with Gasteiger partial charge in [-0.15, -0.1) is 0 Å². The Balaban J connectivity index is 0.000000211. The highest BCUT2D eigenvalue weighted by Gasteiger charge is 2.31. The summed E-state index contributed by atoms with van der Waals surface area (Å²) in [4.78, 5) is 12.7. The zero-order chi connectivity index (χ0) is 16.2. The zero-order valence-electron chi connectivity index (χ0n) is 13.1. The fraction of sp³-hybridized carbons (Fsp3) is 0.333. The van der Waals surface area contributed by atoms with Crippen molar-refractivity contribution in [3.8, 4) is 11.8 Å². The lowest BCUT2D eigenvalue weighted by molar-refractivity contribution is 0.0746. The van der Waals surface area contributed by atoms with Crippen LogP contribution in [0.15, 0.2) is 47.4 Å². The summed E-state index contributed by atoms with van der Waals surface area (Å²) in [5.41, 5.74) is 1.72. The second-order valence-electron chi connectivity index (χ2n) is 6.06. The van der Waals surface area contributed by atoms with Crippen molar-refractivity contribution in [2.45, 2.75) is 38.7 Å². The molecule has 2 aromatic rings. The van der Waals surface area contributed by atoms with Gasteiger partial charge in [0, 0.05) is 12.3 Å². The van der Waals surface area contributed by atoms with Gasteiger partial charge < -0.3 is 9.72 Å². The summed E-state index contributed by atoms with van der Waals surface area (Å²) in [7, 11) is 0. The van der Waals surface area contributed by atoms with Crippen molar-refractivity contribution in [1.82, 2.24) is 4.98 Å². The van der Waals surface area contributed by atoms with Gasteiger partial charge >= 0.3 is 0 Å². The van der Waals surface area contributed by atoms with Gasteiger partial charge in [-0.05, 0) is 56.0 Å². The van der Waals surface area contributed by atoms with Gasteiger partial charge in [-0.25, -0.2) is 0 Å². The average molecular weight is 296 g/mol. The molecular formula is C18H20N2O2. The molecule has 0 fully saturated rings. The van der Waals surface area contributed by atoms with Gasteiger partial charge in [0.05, 0.1) is 11.6 Å². The van der Waals surface area contributed by atoms with Crippen LogP contribution in [0.2, 0.25) is 0 Å². The monoisotopic (exact) mass is 296 g/mol. The number of nitriles is 1. The van der Waals surface area contributed by atoms with E-state index < -0.39 is 0 Å². The van der Waals surface area contributed by atoms with Crippen molar-refractivity contribution in [3.05, 3.63) is 64.1 Å². The van der Waals surface area contributed by atoms with Gasteiger partial charge in [0.2, 0.25) is 5.56 Å². The van der Waals surface area contributed by atoms with Crippen LogP contribution in [0.4, 0.5) is 0 Å². The smallest absolute Gasteiger partial charge is 0.247 e. The largest absolute Gasteiger partial charge is 0.488 e. The Kier molecular flexibility index (Phi) is 4.67. The summed E-state index contributed by atoms with van der Waals surface area (Å²) in [6.07, 6.45) is 2.59. The molecule has 0 saturated heterocycles. The Bertz CT molecular complexity index is 724. The molecule has 0 spiro atoms. The molecule has 0 saturated carbocycles. The molecule has 1 aliphatic rings. The van der Waals surface area contributed by atoms with Crippen LogP contribution >= 0.6 is 0 Å². The minimum Gasteiger partial charge on any atom is -0.488 e. The fourth-order valence-electron chi connectivity index (χ4n) is 2.66. The number of nitrogens with one attached hydrogen (secondary N) is 1. The van der Waals surface area contributed by atoms with E-state index in [1.165, 1.54) is 6.07 Å². The number of H-pyrrole nitrogens is 1. The van der Waals surface area contributed by atoms with Crippen LogP contribution in [-0.2, 0) is 0 Å². The minimum atomic E-state index is -0.0967. The van der Waals surface area contributed by atoms with Gasteiger partial charge in [-0.2, -0.15) is 5.26 Å². The Labute approximate surface area is 130 Å². The summed E-state index contributed by atoms with van der Waals surface area (Å²) in [5.74, 6) is 1.38. The van der Waals surface area contributed by atoms with E-state index in [-0.39, 0.29) is 11.2 Å². The van der Waals surface area contributed by atoms with E-state index in [0.29, 0.717) is 11.5 Å². The van der Waals surface area contributed by atoms with Crippen LogP contribution < -0.4 is 10.3 Å². The van der Waals surface area contributed by atoms with E-state index in [1.807, 2.05) is 18.2 Å². The molecule has 2 heterocycles. The van der Waals surface area contributed by atoms with E-state index in [9.17, 15) is 4.79 Å². The van der Waals surface area contributed by atoms with Crippen molar-refractivity contribution in [2.75, 3.05) is 0 Å². The molecule has 1 N–H and O–H groups in total. The first-order valence-corrected chi connectivity index (χ1v) is 7.28. The van der Waals surface area contributed by atoms with Gasteiger partial charge in [0.1, 0.15) is 11.4 Å². The van der Waals surface area contributed by atoms with Crippen molar-refractivity contribution >= 4 is 0 Å². The molecule has 4 heteroatoms. The molecule has 0 amide bonds. The lowest BCUT2D eigenvalue weighted by Crippen LogP contribution is -2.34. The van der Waals surface area contributed by atoms with Crippen LogP contribution in [0.25, 0.3) is 0 Å². The predicted octanol–water partition coefficient (Wildman–Crippen LogP) is 3.60. The molecule has 1 aromatic heterocycles. The number of rotatable bonds is 0. The number of fused-ring (bicyclic) bond motifs is 1. The first-order valence-electron chi connectivity index (χ1n) is 7.28. The highest BCUT2D eigenvalue weighted by atomic mass is 16.5. The van der Waals surface area contributed by atoms with Crippen LogP contribution in [0.5, 0.6) is 5.75 Å². The fourth-order valence-corrected chi connectivity index (χ4v) is 2.66. The normalized spacial score (nSPS) is 18.0.